The summed E-state index contributed by atoms with van der Waals surface area (Å²) in [5.41, 5.74) is -0.219. The lowest BCUT2D eigenvalue weighted by atomic mass is 10.1. The molecule has 10 heteroatoms. The third-order valence-electron chi connectivity index (χ3n) is 3.80. The molecule has 0 saturated heterocycles. The Labute approximate surface area is 160 Å². The van der Waals surface area contributed by atoms with Gasteiger partial charge in [0.05, 0.1) is 36.8 Å². The van der Waals surface area contributed by atoms with Crippen LogP contribution in [-0.2, 0) is 10.8 Å². The van der Waals surface area contributed by atoms with Gasteiger partial charge in [-0.05, 0) is 24.3 Å². The number of non-ortho nitro benzene ring substituents is 1. The number of rotatable bonds is 5. The molecule has 0 spiro atoms. The zero-order chi connectivity index (χ0) is 19.0. The van der Waals surface area contributed by atoms with Crippen molar-refractivity contribution in [3.8, 4) is 0 Å². The van der Waals surface area contributed by atoms with E-state index in [1.807, 2.05) is 0 Å². The minimum Gasteiger partial charge on any atom is -0.273 e. The van der Waals surface area contributed by atoms with Crippen molar-refractivity contribution in [1.29, 1.82) is 0 Å². The van der Waals surface area contributed by atoms with E-state index in [1.165, 1.54) is 18.2 Å². The van der Waals surface area contributed by atoms with Crippen molar-refractivity contribution in [2.45, 2.75) is 4.90 Å². The summed E-state index contributed by atoms with van der Waals surface area (Å²) in [5.74, 6) is -1.26. The van der Waals surface area contributed by atoms with Gasteiger partial charge in [0.15, 0.2) is 0 Å². The van der Waals surface area contributed by atoms with E-state index >= 15 is 0 Å². The fraction of sp³-hybridized carbons (Fsp3) is 0.125. The summed E-state index contributed by atoms with van der Waals surface area (Å²) in [7, 11) is -1.58. The molecule has 0 saturated carbocycles. The third kappa shape index (κ3) is 3.35. The Morgan fingerprint density at radius 3 is 2.42 bits per heavy atom. The van der Waals surface area contributed by atoms with Crippen molar-refractivity contribution >= 4 is 51.5 Å². The predicted octanol–water partition coefficient (Wildman–Crippen LogP) is 3.31. The van der Waals surface area contributed by atoms with Crippen molar-refractivity contribution in [3.05, 3.63) is 67.7 Å². The maximum Gasteiger partial charge on any atom is 0.270 e. The molecule has 3 rings (SSSR count). The lowest BCUT2D eigenvalue weighted by Gasteiger charge is -2.13. The van der Waals surface area contributed by atoms with E-state index in [9.17, 15) is 23.9 Å². The molecular weight excluding hydrogens is 403 g/mol. The Hall–Kier alpha value is -2.29. The molecule has 0 N–H and O–H groups in total. The first-order valence-corrected chi connectivity index (χ1v) is 9.35. The van der Waals surface area contributed by atoms with Gasteiger partial charge < -0.3 is 0 Å². The molecule has 134 valence electrons. The van der Waals surface area contributed by atoms with Gasteiger partial charge in [0, 0.05) is 29.5 Å². The van der Waals surface area contributed by atoms with Crippen molar-refractivity contribution in [3.63, 3.8) is 0 Å². The van der Waals surface area contributed by atoms with Gasteiger partial charge in [-0.15, -0.1) is 0 Å². The Morgan fingerprint density at radius 1 is 1.04 bits per heavy atom. The minimum atomic E-state index is -1.58. The maximum absolute atomic E-state index is 12.4. The minimum absolute atomic E-state index is 0.0317. The standard InChI is InChI=1S/C16H10Cl2N2O5S/c17-9-1-4-13(18)14(7-9)26(25)6-5-19-15(21)11-3-2-10(20(23)24)8-12(11)16(19)22/h1-4,7-8H,5-6H2. The first-order chi connectivity index (χ1) is 12.3. The van der Waals surface area contributed by atoms with Gasteiger partial charge in [0.25, 0.3) is 17.5 Å². The summed E-state index contributed by atoms with van der Waals surface area (Å²) in [6.45, 7) is -0.115. The third-order valence-corrected chi connectivity index (χ3v) is 5.86. The monoisotopic (exact) mass is 412 g/mol. The summed E-state index contributed by atoms with van der Waals surface area (Å²) in [6, 6.07) is 8.02. The summed E-state index contributed by atoms with van der Waals surface area (Å²) >= 11 is 11.9. The summed E-state index contributed by atoms with van der Waals surface area (Å²) in [6.07, 6.45) is 0. The zero-order valence-electron chi connectivity index (χ0n) is 13.0. The smallest absolute Gasteiger partial charge is 0.270 e. The second-order valence-electron chi connectivity index (χ2n) is 5.37. The number of nitro groups is 1. The van der Waals surface area contributed by atoms with Crippen molar-refractivity contribution in [2.24, 2.45) is 0 Å². The average Bonchev–Trinajstić information content (AvgIpc) is 2.85. The molecule has 1 unspecified atom stereocenters. The molecule has 1 aliphatic rings. The molecule has 7 nitrogen and oxygen atoms in total. The maximum atomic E-state index is 12.4. The van der Waals surface area contributed by atoms with E-state index in [-0.39, 0.29) is 34.1 Å². The van der Waals surface area contributed by atoms with Crippen LogP contribution in [0.2, 0.25) is 10.0 Å². The lowest BCUT2D eigenvalue weighted by Crippen LogP contribution is -2.33. The molecule has 26 heavy (non-hydrogen) atoms. The number of benzene rings is 2. The highest BCUT2D eigenvalue weighted by molar-refractivity contribution is 7.85. The fourth-order valence-corrected chi connectivity index (χ4v) is 4.26. The van der Waals surface area contributed by atoms with Crippen molar-refractivity contribution < 1.29 is 18.7 Å². The van der Waals surface area contributed by atoms with E-state index in [4.69, 9.17) is 23.2 Å². The van der Waals surface area contributed by atoms with Crippen molar-refractivity contribution in [2.75, 3.05) is 12.3 Å². The molecular formula is C16H10Cl2N2O5S. The number of carbonyl (C=O) groups is 2. The number of amides is 2. The van der Waals surface area contributed by atoms with E-state index in [0.29, 0.717) is 9.92 Å². The number of imide groups is 1. The van der Waals surface area contributed by atoms with Crippen molar-refractivity contribution in [1.82, 2.24) is 4.90 Å². The quantitative estimate of drug-likeness (QED) is 0.426. The highest BCUT2D eigenvalue weighted by Crippen LogP contribution is 2.28. The molecule has 2 aromatic rings. The molecule has 1 heterocycles. The SMILES string of the molecule is O=C1c2ccc([N+](=O)[O-])cc2C(=O)N1CCS(=O)c1cc(Cl)ccc1Cl. The Kier molecular flexibility index (Phi) is 5.08. The van der Waals surface area contributed by atoms with E-state index in [1.54, 1.807) is 6.07 Å². The highest BCUT2D eigenvalue weighted by atomic mass is 35.5. The molecule has 2 aromatic carbocycles. The molecule has 1 aliphatic heterocycles. The number of nitro benzene ring substituents is 1. The van der Waals surface area contributed by atoms with Crippen LogP contribution in [0, 0.1) is 10.1 Å². The molecule has 0 fully saturated rings. The Bertz CT molecular complexity index is 979. The molecule has 0 radical (unpaired) electrons. The van der Waals surface area contributed by atoms with Crippen LogP contribution in [0.5, 0.6) is 0 Å². The molecule has 1 atom stereocenters. The van der Waals surface area contributed by atoms with E-state index in [0.717, 1.165) is 17.0 Å². The zero-order valence-corrected chi connectivity index (χ0v) is 15.3. The van der Waals surface area contributed by atoms with Gasteiger partial charge in [-0.2, -0.15) is 0 Å². The van der Waals surface area contributed by atoms with Crippen LogP contribution in [0.3, 0.4) is 0 Å². The van der Waals surface area contributed by atoms with Crippen LogP contribution < -0.4 is 0 Å². The number of carbonyl (C=O) groups excluding carboxylic acids is 2. The average molecular weight is 413 g/mol. The second kappa shape index (κ2) is 7.14. The van der Waals surface area contributed by atoms with Gasteiger partial charge in [-0.1, -0.05) is 23.2 Å². The van der Waals surface area contributed by atoms with Gasteiger partial charge in [-0.3, -0.25) is 28.8 Å². The van der Waals surface area contributed by atoms with Gasteiger partial charge in [0.1, 0.15) is 0 Å². The Balaban J connectivity index is 1.78. The molecule has 0 aliphatic carbocycles. The van der Waals surface area contributed by atoms with Crippen LogP contribution in [0.15, 0.2) is 41.3 Å². The first kappa shape index (κ1) is 18.5. The van der Waals surface area contributed by atoms with E-state index < -0.39 is 27.5 Å². The number of hydrogen-bond donors (Lipinski definition) is 0. The van der Waals surface area contributed by atoms with Gasteiger partial charge in [0.2, 0.25) is 0 Å². The first-order valence-electron chi connectivity index (χ1n) is 7.27. The van der Waals surface area contributed by atoms with Crippen LogP contribution in [0.1, 0.15) is 20.7 Å². The second-order valence-corrected chi connectivity index (χ2v) is 7.76. The number of nitrogens with zero attached hydrogens (tertiary/aromatic N) is 2. The number of fused-ring (bicyclic) bond motifs is 1. The molecule has 0 bridgehead atoms. The number of hydrogen-bond acceptors (Lipinski definition) is 5. The molecule has 2 amide bonds. The highest BCUT2D eigenvalue weighted by Gasteiger charge is 2.36. The summed E-state index contributed by atoms with van der Waals surface area (Å²) < 4.78 is 12.4. The molecule has 0 aromatic heterocycles. The van der Waals surface area contributed by atoms with E-state index in [2.05, 4.69) is 0 Å². The lowest BCUT2D eigenvalue weighted by molar-refractivity contribution is -0.384. The fourth-order valence-electron chi connectivity index (χ4n) is 2.53. The van der Waals surface area contributed by atoms with Gasteiger partial charge in [-0.25, -0.2) is 0 Å². The van der Waals surface area contributed by atoms with Crippen LogP contribution in [0.25, 0.3) is 0 Å². The summed E-state index contributed by atoms with van der Waals surface area (Å²) in [5, 5.41) is 11.5. The summed E-state index contributed by atoms with van der Waals surface area (Å²) in [4.78, 5) is 36.2. The largest absolute Gasteiger partial charge is 0.273 e. The van der Waals surface area contributed by atoms with Crippen LogP contribution in [0.4, 0.5) is 5.69 Å². The topological polar surface area (TPSA) is 97.6 Å². The van der Waals surface area contributed by atoms with Crippen LogP contribution in [-0.4, -0.2) is 38.1 Å². The normalized spacial score (nSPS) is 14.5. The number of halogens is 2. The van der Waals surface area contributed by atoms with Crippen LogP contribution >= 0.6 is 23.2 Å². The predicted molar refractivity (Wildman–Crippen MR) is 96.2 cm³/mol. The Morgan fingerprint density at radius 2 is 1.73 bits per heavy atom. The van der Waals surface area contributed by atoms with Gasteiger partial charge >= 0.3 is 0 Å².